The predicted molar refractivity (Wildman–Crippen MR) is 81.2 cm³/mol. The number of carbonyl (C=O) groups is 1. The van der Waals surface area contributed by atoms with E-state index in [1.54, 1.807) is 6.92 Å². The van der Waals surface area contributed by atoms with Crippen LogP contribution in [-0.2, 0) is 4.79 Å². The Hall–Kier alpha value is -0.570. The molecule has 0 aliphatic carbocycles. The molecule has 0 aromatic rings. The van der Waals surface area contributed by atoms with Gasteiger partial charge < -0.3 is 10.8 Å². The fourth-order valence-corrected chi connectivity index (χ4v) is 2.46. The Morgan fingerprint density at radius 1 is 0.947 bits per heavy atom. The number of aliphatic carboxylic acids is 1. The van der Waals surface area contributed by atoms with Crippen molar-refractivity contribution in [2.75, 3.05) is 0 Å². The van der Waals surface area contributed by atoms with Crippen LogP contribution in [-0.4, -0.2) is 17.1 Å². The van der Waals surface area contributed by atoms with E-state index in [-0.39, 0.29) is 12.0 Å². The smallest absolute Gasteiger partial charge is 0.308 e. The Labute approximate surface area is 119 Å². The Balaban J connectivity index is 3.32. The standard InChI is InChI=1S/C16H33NO2/c1-3-4-5-6-7-8-9-10-11-12-13-15(14(2)17)16(18)19/h14-15H,3-13,17H2,1-2H3,(H,18,19). The molecule has 3 heteroatoms. The third kappa shape index (κ3) is 11.0. The second-order valence-corrected chi connectivity index (χ2v) is 5.77. The van der Waals surface area contributed by atoms with Gasteiger partial charge in [-0.3, -0.25) is 4.79 Å². The van der Waals surface area contributed by atoms with Gasteiger partial charge in [0.2, 0.25) is 0 Å². The minimum absolute atomic E-state index is 0.240. The third-order valence-corrected chi connectivity index (χ3v) is 3.82. The Kier molecular flexibility index (Phi) is 12.1. The monoisotopic (exact) mass is 271 g/mol. The number of hydrogen-bond donors (Lipinski definition) is 2. The van der Waals surface area contributed by atoms with E-state index in [0.717, 1.165) is 19.3 Å². The minimum Gasteiger partial charge on any atom is -0.481 e. The molecule has 2 atom stereocenters. The number of carboxylic acid groups (broad SMARTS) is 1. The van der Waals surface area contributed by atoms with Crippen LogP contribution in [0.25, 0.3) is 0 Å². The second-order valence-electron chi connectivity index (χ2n) is 5.77. The predicted octanol–water partition coefficient (Wildman–Crippen LogP) is 4.35. The first-order valence-electron chi connectivity index (χ1n) is 8.08. The fraction of sp³-hybridized carbons (Fsp3) is 0.938. The zero-order valence-corrected chi connectivity index (χ0v) is 12.9. The van der Waals surface area contributed by atoms with Gasteiger partial charge in [-0.05, 0) is 13.3 Å². The molecule has 0 bridgehead atoms. The molecule has 3 N–H and O–H groups in total. The van der Waals surface area contributed by atoms with Crippen molar-refractivity contribution in [2.45, 2.75) is 90.5 Å². The molecule has 3 nitrogen and oxygen atoms in total. The molecule has 0 saturated heterocycles. The Morgan fingerprint density at radius 3 is 1.74 bits per heavy atom. The highest BCUT2D eigenvalue weighted by molar-refractivity contribution is 5.70. The molecule has 0 aromatic carbocycles. The van der Waals surface area contributed by atoms with Gasteiger partial charge in [-0.1, -0.05) is 71.1 Å². The van der Waals surface area contributed by atoms with E-state index in [9.17, 15) is 4.79 Å². The molecule has 0 heterocycles. The summed E-state index contributed by atoms with van der Waals surface area (Å²) in [6.45, 7) is 4.03. The van der Waals surface area contributed by atoms with Crippen molar-refractivity contribution in [1.29, 1.82) is 0 Å². The zero-order chi connectivity index (χ0) is 14.5. The number of hydrogen-bond acceptors (Lipinski definition) is 2. The van der Waals surface area contributed by atoms with Crippen LogP contribution in [0.4, 0.5) is 0 Å². The van der Waals surface area contributed by atoms with Crippen LogP contribution in [0.15, 0.2) is 0 Å². The number of unbranched alkanes of at least 4 members (excludes halogenated alkanes) is 9. The van der Waals surface area contributed by atoms with E-state index in [2.05, 4.69) is 6.92 Å². The largest absolute Gasteiger partial charge is 0.481 e. The lowest BCUT2D eigenvalue weighted by atomic mass is 9.94. The number of carboxylic acids is 1. The molecule has 0 rings (SSSR count). The molecule has 0 radical (unpaired) electrons. The maximum atomic E-state index is 11.0. The van der Waals surface area contributed by atoms with E-state index < -0.39 is 5.97 Å². The Bertz CT molecular complexity index is 217. The second kappa shape index (κ2) is 12.5. The van der Waals surface area contributed by atoms with Crippen molar-refractivity contribution < 1.29 is 9.90 Å². The van der Waals surface area contributed by atoms with Gasteiger partial charge in [-0.2, -0.15) is 0 Å². The molecule has 0 aliphatic heterocycles. The minimum atomic E-state index is -0.745. The van der Waals surface area contributed by atoms with Gasteiger partial charge in [-0.15, -0.1) is 0 Å². The first-order chi connectivity index (χ1) is 9.09. The third-order valence-electron chi connectivity index (χ3n) is 3.82. The summed E-state index contributed by atoms with van der Waals surface area (Å²) in [6, 6.07) is -0.240. The molecular formula is C16H33NO2. The maximum Gasteiger partial charge on any atom is 0.308 e. The zero-order valence-electron chi connectivity index (χ0n) is 12.9. The quantitative estimate of drug-likeness (QED) is 0.490. The fourth-order valence-electron chi connectivity index (χ4n) is 2.46. The van der Waals surface area contributed by atoms with Gasteiger partial charge >= 0.3 is 5.97 Å². The summed E-state index contributed by atoms with van der Waals surface area (Å²) in [6.07, 6.45) is 13.5. The number of rotatable bonds is 13. The van der Waals surface area contributed by atoms with E-state index in [1.807, 2.05) is 0 Å². The molecule has 0 aromatic heterocycles. The van der Waals surface area contributed by atoms with Crippen molar-refractivity contribution in [3.05, 3.63) is 0 Å². The van der Waals surface area contributed by atoms with Gasteiger partial charge in [0, 0.05) is 6.04 Å². The van der Waals surface area contributed by atoms with Crippen LogP contribution >= 0.6 is 0 Å². The molecule has 0 amide bonds. The van der Waals surface area contributed by atoms with Crippen LogP contribution in [0.3, 0.4) is 0 Å². The normalized spacial score (nSPS) is 14.3. The molecule has 0 fully saturated rings. The van der Waals surface area contributed by atoms with Crippen LogP contribution in [0.5, 0.6) is 0 Å². The average Bonchev–Trinajstić information content (AvgIpc) is 2.35. The summed E-state index contributed by atoms with van der Waals surface area (Å²) in [4.78, 5) is 11.0. The highest BCUT2D eigenvalue weighted by atomic mass is 16.4. The lowest BCUT2D eigenvalue weighted by molar-refractivity contribution is -0.142. The van der Waals surface area contributed by atoms with Crippen molar-refractivity contribution >= 4 is 5.97 Å². The van der Waals surface area contributed by atoms with Crippen molar-refractivity contribution in [3.8, 4) is 0 Å². The highest BCUT2D eigenvalue weighted by Gasteiger charge is 2.20. The first-order valence-corrected chi connectivity index (χ1v) is 8.08. The molecule has 2 unspecified atom stereocenters. The lowest BCUT2D eigenvalue weighted by Gasteiger charge is -2.15. The van der Waals surface area contributed by atoms with Crippen molar-refractivity contribution in [1.82, 2.24) is 0 Å². The molecular weight excluding hydrogens is 238 g/mol. The summed E-state index contributed by atoms with van der Waals surface area (Å²) in [5, 5.41) is 9.01. The van der Waals surface area contributed by atoms with Crippen molar-refractivity contribution in [3.63, 3.8) is 0 Å². The molecule has 0 aliphatic rings. The van der Waals surface area contributed by atoms with Gasteiger partial charge in [0.1, 0.15) is 0 Å². The summed E-state index contributed by atoms with van der Waals surface area (Å²) in [5.74, 6) is -1.11. The summed E-state index contributed by atoms with van der Waals surface area (Å²) >= 11 is 0. The first kappa shape index (κ1) is 18.4. The number of nitrogens with two attached hydrogens (primary N) is 1. The molecule has 114 valence electrons. The maximum absolute atomic E-state index is 11.0. The van der Waals surface area contributed by atoms with Gasteiger partial charge in [0.15, 0.2) is 0 Å². The average molecular weight is 271 g/mol. The van der Waals surface area contributed by atoms with Gasteiger partial charge in [0.05, 0.1) is 5.92 Å². The van der Waals surface area contributed by atoms with Crippen LogP contribution in [0.2, 0.25) is 0 Å². The topological polar surface area (TPSA) is 63.3 Å². The van der Waals surface area contributed by atoms with E-state index >= 15 is 0 Å². The van der Waals surface area contributed by atoms with E-state index in [0.29, 0.717) is 0 Å². The van der Waals surface area contributed by atoms with E-state index in [4.69, 9.17) is 10.8 Å². The molecule has 19 heavy (non-hydrogen) atoms. The van der Waals surface area contributed by atoms with Gasteiger partial charge in [-0.25, -0.2) is 0 Å². The summed E-state index contributed by atoms with van der Waals surface area (Å²) in [5.41, 5.74) is 5.68. The summed E-state index contributed by atoms with van der Waals surface area (Å²) < 4.78 is 0. The molecule has 0 saturated carbocycles. The SMILES string of the molecule is CCCCCCCCCCCCC(C(=O)O)C(C)N. The van der Waals surface area contributed by atoms with Crippen molar-refractivity contribution in [2.24, 2.45) is 11.7 Å². The van der Waals surface area contributed by atoms with Crippen LogP contribution < -0.4 is 5.73 Å². The Morgan fingerprint density at radius 2 is 1.37 bits per heavy atom. The van der Waals surface area contributed by atoms with Crippen LogP contribution in [0.1, 0.15) is 84.5 Å². The summed E-state index contributed by atoms with van der Waals surface area (Å²) in [7, 11) is 0. The lowest BCUT2D eigenvalue weighted by Crippen LogP contribution is -2.32. The van der Waals surface area contributed by atoms with Gasteiger partial charge in [0.25, 0.3) is 0 Å². The highest BCUT2D eigenvalue weighted by Crippen LogP contribution is 2.15. The van der Waals surface area contributed by atoms with Crippen LogP contribution in [0, 0.1) is 5.92 Å². The molecule has 0 spiro atoms. The van der Waals surface area contributed by atoms with E-state index in [1.165, 1.54) is 51.4 Å².